The smallest absolute Gasteiger partial charge is 0.317 e. The van der Waals surface area contributed by atoms with E-state index >= 15 is 0 Å². The molecule has 0 bridgehead atoms. The number of hydrogen-bond donors (Lipinski definition) is 1. The monoisotopic (exact) mass is 352 g/mol. The van der Waals surface area contributed by atoms with Crippen LogP contribution in [0.3, 0.4) is 0 Å². The van der Waals surface area contributed by atoms with Gasteiger partial charge in [-0.1, -0.05) is 32.0 Å². The number of hydrogen-bond acceptors (Lipinski definition) is 2. The quantitative estimate of drug-likeness (QED) is 0.901. The maximum Gasteiger partial charge on any atom is 0.317 e. The zero-order valence-corrected chi connectivity index (χ0v) is 15.7. The molecule has 1 aromatic heterocycles. The second-order valence-corrected chi connectivity index (χ2v) is 8.16. The molecule has 1 aromatic carbocycles. The Morgan fingerprint density at radius 1 is 1.23 bits per heavy atom. The normalized spacial score (nSPS) is 18.3. The van der Waals surface area contributed by atoms with Gasteiger partial charge in [0.2, 0.25) is 0 Å². The summed E-state index contributed by atoms with van der Waals surface area (Å²) in [4.78, 5) is 14.6. The Hall–Kier alpha value is -2.30. The zero-order valence-electron chi connectivity index (χ0n) is 15.7. The van der Waals surface area contributed by atoms with Gasteiger partial charge in [0.25, 0.3) is 0 Å². The number of likely N-dealkylation sites (tertiary alicyclic amines) is 1. The molecule has 1 aliphatic carbocycles. The first-order chi connectivity index (χ1) is 12.6. The van der Waals surface area contributed by atoms with Crippen LogP contribution in [-0.4, -0.2) is 33.8 Å². The standard InChI is InChI=1S/C21H28N4O/c1-16(2)19-17(14-25(23-19)18-7-4-3-5-8-18)13-22-20(26)24-12-6-9-21(15-24)10-11-21/h3-5,7-8,14,16H,6,9-13,15H2,1-2H3,(H,22,26). The average Bonchev–Trinajstić information content (AvgIpc) is 3.24. The Morgan fingerprint density at radius 3 is 2.69 bits per heavy atom. The summed E-state index contributed by atoms with van der Waals surface area (Å²) in [5.41, 5.74) is 3.64. The third-order valence-electron chi connectivity index (χ3n) is 5.73. The molecular formula is C21H28N4O. The molecule has 138 valence electrons. The van der Waals surface area contributed by atoms with Crippen LogP contribution in [0.25, 0.3) is 5.69 Å². The first kappa shape index (κ1) is 17.1. The molecule has 2 aliphatic rings. The lowest BCUT2D eigenvalue weighted by Crippen LogP contribution is -2.45. The largest absolute Gasteiger partial charge is 0.334 e. The summed E-state index contributed by atoms with van der Waals surface area (Å²) >= 11 is 0. The fourth-order valence-electron chi connectivity index (χ4n) is 4.01. The number of carbonyl (C=O) groups is 1. The van der Waals surface area contributed by atoms with E-state index in [-0.39, 0.29) is 6.03 Å². The van der Waals surface area contributed by atoms with Crippen molar-refractivity contribution >= 4 is 6.03 Å². The van der Waals surface area contributed by atoms with Crippen LogP contribution in [0, 0.1) is 5.41 Å². The van der Waals surface area contributed by atoms with Crippen molar-refractivity contribution in [2.75, 3.05) is 13.1 Å². The molecule has 2 fully saturated rings. The van der Waals surface area contributed by atoms with Crippen LogP contribution in [0.2, 0.25) is 0 Å². The number of rotatable bonds is 4. The van der Waals surface area contributed by atoms with E-state index in [4.69, 9.17) is 5.10 Å². The van der Waals surface area contributed by atoms with Gasteiger partial charge in [0.15, 0.2) is 0 Å². The molecule has 2 amide bonds. The lowest BCUT2D eigenvalue weighted by Gasteiger charge is -2.33. The van der Waals surface area contributed by atoms with E-state index in [0.29, 0.717) is 17.9 Å². The molecule has 1 saturated heterocycles. The highest BCUT2D eigenvalue weighted by Crippen LogP contribution is 2.51. The zero-order chi connectivity index (χ0) is 18.1. The topological polar surface area (TPSA) is 50.2 Å². The predicted molar refractivity (Wildman–Crippen MR) is 102 cm³/mol. The molecule has 2 aromatic rings. The van der Waals surface area contributed by atoms with Gasteiger partial charge in [-0.2, -0.15) is 5.10 Å². The Bertz CT molecular complexity index is 777. The minimum absolute atomic E-state index is 0.0677. The van der Waals surface area contributed by atoms with Gasteiger partial charge in [0, 0.05) is 31.4 Å². The third kappa shape index (κ3) is 3.48. The van der Waals surface area contributed by atoms with E-state index in [9.17, 15) is 4.79 Å². The molecular weight excluding hydrogens is 324 g/mol. The van der Waals surface area contributed by atoms with E-state index < -0.39 is 0 Å². The molecule has 5 heteroatoms. The molecule has 1 aliphatic heterocycles. The van der Waals surface area contributed by atoms with E-state index in [1.807, 2.05) is 46.1 Å². The maximum absolute atomic E-state index is 12.6. The average molecular weight is 352 g/mol. The number of amides is 2. The lowest BCUT2D eigenvalue weighted by atomic mass is 9.95. The second-order valence-electron chi connectivity index (χ2n) is 8.16. The summed E-state index contributed by atoms with van der Waals surface area (Å²) in [5, 5.41) is 7.88. The lowest BCUT2D eigenvalue weighted by molar-refractivity contribution is 0.158. The second kappa shape index (κ2) is 6.78. The highest BCUT2D eigenvalue weighted by molar-refractivity contribution is 5.74. The van der Waals surface area contributed by atoms with E-state index in [2.05, 4.69) is 19.2 Å². The summed E-state index contributed by atoms with van der Waals surface area (Å²) in [6, 6.07) is 10.2. The summed E-state index contributed by atoms with van der Waals surface area (Å²) in [7, 11) is 0. The molecule has 26 heavy (non-hydrogen) atoms. The Labute approximate surface area is 155 Å². The van der Waals surface area contributed by atoms with Crippen molar-refractivity contribution in [2.24, 2.45) is 5.41 Å². The van der Waals surface area contributed by atoms with Crippen LogP contribution in [0.1, 0.15) is 56.7 Å². The van der Waals surface area contributed by atoms with Crippen LogP contribution in [0.15, 0.2) is 36.5 Å². The van der Waals surface area contributed by atoms with Crippen molar-refractivity contribution < 1.29 is 4.79 Å². The van der Waals surface area contributed by atoms with Gasteiger partial charge in [-0.3, -0.25) is 0 Å². The number of para-hydroxylation sites is 1. The number of nitrogens with zero attached hydrogens (tertiary/aromatic N) is 3. The van der Waals surface area contributed by atoms with E-state index in [1.165, 1.54) is 19.3 Å². The highest BCUT2D eigenvalue weighted by atomic mass is 16.2. The van der Waals surface area contributed by atoms with Crippen LogP contribution in [-0.2, 0) is 6.54 Å². The van der Waals surface area contributed by atoms with E-state index in [1.54, 1.807) is 0 Å². The first-order valence-electron chi connectivity index (χ1n) is 9.73. The van der Waals surface area contributed by atoms with Gasteiger partial charge in [-0.25, -0.2) is 9.48 Å². The minimum Gasteiger partial charge on any atom is -0.334 e. The summed E-state index contributed by atoms with van der Waals surface area (Å²) in [5.74, 6) is 0.316. The number of benzene rings is 1. The molecule has 0 unspecified atom stereocenters. The Morgan fingerprint density at radius 2 is 2.00 bits per heavy atom. The number of urea groups is 1. The van der Waals surface area contributed by atoms with Crippen molar-refractivity contribution in [3.05, 3.63) is 47.8 Å². The minimum atomic E-state index is 0.0677. The van der Waals surface area contributed by atoms with Crippen LogP contribution < -0.4 is 5.32 Å². The summed E-state index contributed by atoms with van der Waals surface area (Å²) in [6.07, 6.45) is 7.05. The predicted octanol–water partition coefficient (Wildman–Crippen LogP) is 4.08. The molecule has 1 saturated carbocycles. The van der Waals surface area contributed by atoms with Gasteiger partial charge in [-0.15, -0.1) is 0 Å². The Kier molecular flexibility index (Phi) is 4.47. The van der Waals surface area contributed by atoms with Gasteiger partial charge in [0.1, 0.15) is 0 Å². The number of piperidine rings is 1. The molecule has 4 rings (SSSR count). The fraction of sp³-hybridized carbons (Fsp3) is 0.524. The Balaban J connectivity index is 1.45. The molecule has 0 atom stereocenters. The van der Waals surface area contributed by atoms with Crippen molar-refractivity contribution in [1.82, 2.24) is 20.0 Å². The van der Waals surface area contributed by atoms with Crippen LogP contribution >= 0.6 is 0 Å². The molecule has 5 nitrogen and oxygen atoms in total. The van der Waals surface area contributed by atoms with Gasteiger partial charge in [-0.05, 0) is 49.1 Å². The van der Waals surface area contributed by atoms with Gasteiger partial charge in [0.05, 0.1) is 11.4 Å². The van der Waals surface area contributed by atoms with Crippen molar-refractivity contribution in [1.29, 1.82) is 0 Å². The summed E-state index contributed by atoms with van der Waals surface area (Å²) in [6.45, 7) is 6.63. The molecule has 2 heterocycles. The van der Waals surface area contributed by atoms with Crippen molar-refractivity contribution in [3.63, 3.8) is 0 Å². The fourth-order valence-corrected chi connectivity index (χ4v) is 4.01. The molecule has 1 spiro atoms. The molecule has 0 radical (unpaired) electrons. The number of aromatic nitrogens is 2. The SMILES string of the molecule is CC(C)c1nn(-c2ccccc2)cc1CNC(=O)N1CCCC2(CC2)C1. The van der Waals surface area contributed by atoms with E-state index in [0.717, 1.165) is 36.5 Å². The number of carbonyl (C=O) groups excluding carboxylic acids is 1. The summed E-state index contributed by atoms with van der Waals surface area (Å²) < 4.78 is 1.91. The third-order valence-corrected chi connectivity index (χ3v) is 5.73. The van der Waals surface area contributed by atoms with Crippen LogP contribution in [0.5, 0.6) is 0 Å². The molecule has 1 N–H and O–H groups in total. The van der Waals surface area contributed by atoms with Crippen molar-refractivity contribution in [2.45, 2.75) is 52.0 Å². The van der Waals surface area contributed by atoms with Gasteiger partial charge < -0.3 is 10.2 Å². The maximum atomic E-state index is 12.6. The highest BCUT2D eigenvalue weighted by Gasteiger charge is 2.46. The first-order valence-corrected chi connectivity index (χ1v) is 9.73. The van der Waals surface area contributed by atoms with Crippen LogP contribution in [0.4, 0.5) is 4.79 Å². The van der Waals surface area contributed by atoms with Gasteiger partial charge >= 0.3 is 6.03 Å². The van der Waals surface area contributed by atoms with Crippen molar-refractivity contribution in [3.8, 4) is 5.69 Å². The number of nitrogens with one attached hydrogen (secondary N) is 1.